The number of aromatic nitrogens is 1. The van der Waals surface area contributed by atoms with Gasteiger partial charge in [0.05, 0.1) is 16.0 Å². The smallest absolute Gasteiger partial charge is 0.254 e. The van der Waals surface area contributed by atoms with Crippen LogP contribution in [-0.4, -0.2) is 9.49 Å². The van der Waals surface area contributed by atoms with E-state index in [0.29, 0.717) is 12.1 Å². The van der Waals surface area contributed by atoms with Crippen LogP contribution < -0.4 is 0 Å². The summed E-state index contributed by atoms with van der Waals surface area (Å²) in [5.41, 5.74) is 6.66. The minimum absolute atomic E-state index is 0.235. The van der Waals surface area contributed by atoms with Crippen molar-refractivity contribution in [1.82, 2.24) is 4.57 Å². The quantitative estimate of drug-likeness (QED) is 0.517. The molecule has 0 amide bonds. The largest absolute Gasteiger partial charge is 0.317 e. The fraction of sp³-hybridized carbons (Fsp3) is 0.273. The SMILES string of the molecule is C=C(CC)n1c2c(c3ccc(C4=C([N+](=O)[O-])CCC=C4)cc31)C=CCC2. The molecule has 26 heavy (non-hydrogen) atoms. The van der Waals surface area contributed by atoms with E-state index >= 15 is 0 Å². The third kappa shape index (κ3) is 2.53. The Bertz CT molecular complexity index is 1020. The maximum atomic E-state index is 11.5. The van der Waals surface area contributed by atoms with Gasteiger partial charge >= 0.3 is 0 Å². The molecule has 2 aromatic rings. The monoisotopic (exact) mass is 346 g/mol. The van der Waals surface area contributed by atoms with Gasteiger partial charge in [-0.25, -0.2) is 0 Å². The fourth-order valence-corrected chi connectivity index (χ4v) is 4.01. The van der Waals surface area contributed by atoms with E-state index in [0.717, 1.165) is 48.0 Å². The summed E-state index contributed by atoms with van der Waals surface area (Å²) in [7, 11) is 0. The average molecular weight is 346 g/mol. The van der Waals surface area contributed by atoms with Gasteiger partial charge < -0.3 is 4.57 Å². The van der Waals surface area contributed by atoms with E-state index < -0.39 is 0 Å². The predicted octanol–water partition coefficient (Wildman–Crippen LogP) is 5.82. The standard InChI is InChI=1S/C22H22N2O2/c1-3-15(2)23-20-10-6-5-9-18(20)19-13-12-16(14-22(19)23)17-8-4-7-11-21(17)24(25)26/h4-5,8-9,12-14H,2-3,6-7,10-11H2,1H3. The van der Waals surface area contributed by atoms with Gasteiger partial charge in [0.1, 0.15) is 0 Å². The zero-order chi connectivity index (χ0) is 18.3. The van der Waals surface area contributed by atoms with Gasteiger partial charge in [0.2, 0.25) is 0 Å². The summed E-state index contributed by atoms with van der Waals surface area (Å²) in [6.45, 7) is 6.38. The van der Waals surface area contributed by atoms with E-state index in [4.69, 9.17) is 0 Å². The lowest BCUT2D eigenvalue weighted by Gasteiger charge is -2.14. The van der Waals surface area contributed by atoms with Gasteiger partial charge in [0.15, 0.2) is 0 Å². The molecule has 0 N–H and O–H groups in total. The zero-order valence-corrected chi connectivity index (χ0v) is 15.0. The van der Waals surface area contributed by atoms with Gasteiger partial charge in [-0.15, -0.1) is 0 Å². The number of benzene rings is 1. The molecule has 0 aliphatic heterocycles. The molecule has 0 fully saturated rings. The summed E-state index contributed by atoms with van der Waals surface area (Å²) >= 11 is 0. The minimum atomic E-state index is -0.235. The number of allylic oxidation sites excluding steroid dienone is 6. The second kappa shape index (κ2) is 6.45. The van der Waals surface area contributed by atoms with E-state index in [1.165, 1.54) is 16.6 Å². The van der Waals surface area contributed by atoms with Crippen LogP contribution in [-0.2, 0) is 6.42 Å². The number of hydrogen-bond donors (Lipinski definition) is 0. The Morgan fingerprint density at radius 1 is 1.23 bits per heavy atom. The molecule has 4 rings (SSSR count). The number of nitrogens with zero attached hydrogens (tertiary/aromatic N) is 2. The third-order valence-corrected chi connectivity index (χ3v) is 5.34. The first kappa shape index (κ1) is 16.6. The molecule has 0 spiro atoms. The minimum Gasteiger partial charge on any atom is -0.317 e. The van der Waals surface area contributed by atoms with E-state index in [2.05, 4.69) is 42.4 Å². The number of hydrogen-bond acceptors (Lipinski definition) is 2. The molecule has 2 aliphatic rings. The van der Waals surface area contributed by atoms with Crippen LogP contribution in [0.25, 0.3) is 28.2 Å². The summed E-state index contributed by atoms with van der Waals surface area (Å²) in [5, 5.41) is 12.7. The second-order valence-corrected chi connectivity index (χ2v) is 6.85. The van der Waals surface area contributed by atoms with Gasteiger partial charge in [-0.1, -0.05) is 49.9 Å². The molecular weight excluding hydrogens is 324 g/mol. The van der Waals surface area contributed by atoms with Gasteiger partial charge in [0, 0.05) is 28.8 Å². The van der Waals surface area contributed by atoms with Crippen molar-refractivity contribution < 1.29 is 4.92 Å². The van der Waals surface area contributed by atoms with Crippen LogP contribution in [0.2, 0.25) is 0 Å². The molecule has 4 heteroatoms. The van der Waals surface area contributed by atoms with Crippen molar-refractivity contribution >= 4 is 28.2 Å². The molecule has 0 radical (unpaired) electrons. The molecule has 0 atom stereocenters. The summed E-state index contributed by atoms with van der Waals surface area (Å²) in [6, 6.07) is 6.21. The topological polar surface area (TPSA) is 48.1 Å². The van der Waals surface area contributed by atoms with Crippen molar-refractivity contribution in [3.8, 4) is 0 Å². The number of fused-ring (bicyclic) bond motifs is 3. The molecule has 1 aromatic heterocycles. The number of rotatable bonds is 4. The Hall–Kier alpha value is -2.88. The van der Waals surface area contributed by atoms with Gasteiger partial charge in [0.25, 0.3) is 5.70 Å². The normalized spacial score (nSPS) is 16.2. The molecule has 1 aromatic carbocycles. The van der Waals surface area contributed by atoms with E-state index in [-0.39, 0.29) is 4.92 Å². The molecule has 4 nitrogen and oxygen atoms in total. The lowest BCUT2D eigenvalue weighted by molar-refractivity contribution is -0.426. The van der Waals surface area contributed by atoms with Crippen molar-refractivity contribution in [3.63, 3.8) is 0 Å². The predicted molar refractivity (Wildman–Crippen MR) is 107 cm³/mol. The van der Waals surface area contributed by atoms with Crippen LogP contribution in [0.1, 0.15) is 49.4 Å². The Kier molecular flexibility index (Phi) is 4.11. The Morgan fingerprint density at radius 2 is 2.00 bits per heavy atom. The van der Waals surface area contributed by atoms with E-state index in [1.807, 2.05) is 18.2 Å². The molecule has 0 bridgehead atoms. The summed E-state index contributed by atoms with van der Waals surface area (Å²) in [6.07, 6.45) is 12.4. The van der Waals surface area contributed by atoms with Gasteiger partial charge in [-0.05, 0) is 37.3 Å². The Morgan fingerprint density at radius 3 is 2.77 bits per heavy atom. The highest BCUT2D eigenvalue weighted by Crippen LogP contribution is 2.37. The number of nitro groups is 1. The first-order chi connectivity index (χ1) is 12.6. The van der Waals surface area contributed by atoms with Crippen LogP contribution in [0.5, 0.6) is 0 Å². The fourth-order valence-electron chi connectivity index (χ4n) is 4.01. The zero-order valence-electron chi connectivity index (χ0n) is 15.0. The molecule has 0 unspecified atom stereocenters. The van der Waals surface area contributed by atoms with Crippen molar-refractivity contribution in [2.24, 2.45) is 0 Å². The summed E-state index contributed by atoms with van der Waals surface area (Å²) < 4.78 is 2.26. The van der Waals surface area contributed by atoms with Gasteiger partial charge in [-0.2, -0.15) is 0 Å². The van der Waals surface area contributed by atoms with Crippen LogP contribution in [0, 0.1) is 10.1 Å². The lowest BCUT2D eigenvalue weighted by atomic mass is 9.95. The highest BCUT2D eigenvalue weighted by Gasteiger charge is 2.23. The van der Waals surface area contributed by atoms with Crippen LogP contribution in [0.15, 0.2) is 48.7 Å². The van der Waals surface area contributed by atoms with Crippen molar-refractivity contribution in [1.29, 1.82) is 0 Å². The van der Waals surface area contributed by atoms with Crippen molar-refractivity contribution in [2.45, 2.75) is 39.0 Å². The molecular formula is C22H22N2O2. The van der Waals surface area contributed by atoms with Crippen molar-refractivity contribution in [3.05, 3.63) is 75.6 Å². The van der Waals surface area contributed by atoms with Crippen LogP contribution in [0.4, 0.5) is 0 Å². The Balaban J connectivity index is 1.98. The summed E-state index contributed by atoms with van der Waals surface area (Å²) in [4.78, 5) is 11.2. The first-order valence-corrected chi connectivity index (χ1v) is 9.18. The third-order valence-electron chi connectivity index (χ3n) is 5.34. The summed E-state index contributed by atoms with van der Waals surface area (Å²) in [5.74, 6) is 0. The van der Waals surface area contributed by atoms with Gasteiger partial charge in [-0.3, -0.25) is 10.1 Å². The van der Waals surface area contributed by atoms with Crippen molar-refractivity contribution in [2.75, 3.05) is 0 Å². The van der Waals surface area contributed by atoms with Crippen LogP contribution >= 0.6 is 0 Å². The highest BCUT2D eigenvalue weighted by molar-refractivity contribution is 5.96. The first-order valence-electron chi connectivity index (χ1n) is 9.18. The molecule has 1 heterocycles. The second-order valence-electron chi connectivity index (χ2n) is 6.85. The maximum Gasteiger partial charge on any atom is 0.254 e. The lowest BCUT2D eigenvalue weighted by Crippen LogP contribution is -2.05. The van der Waals surface area contributed by atoms with E-state index in [9.17, 15) is 10.1 Å². The van der Waals surface area contributed by atoms with E-state index in [1.54, 1.807) is 0 Å². The Labute approximate surface area is 153 Å². The molecule has 2 aliphatic carbocycles. The highest BCUT2D eigenvalue weighted by atomic mass is 16.6. The van der Waals surface area contributed by atoms with Crippen LogP contribution in [0.3, 0.4) is 0 Å². The average Bonchev–Trinajstić information content (AvgIpc) is 3.01. The maximum absolute atomic E-state index is 11.5. The molecule has 0 saturated heterocycles. The molecule has 132 valence electrons. The molecule has 0 saturated carbocycles.